The number of hydrogen-bond acceptors (Lipinski definition) is 7. The van der Waals surface area contributed by atoms with E-state index in [2.05, 4.69) is 44.3 Å². The Kier molecular flexibility index (Phi) is 6.08. The van der Waals surface area contributed by atoms with Crippen LogP contribution in [-0.4, -0.2) is 44.9 Å². The Morgan fingerprint density at radius 1 is 1.29 bits per heavy atom. The minimum Gasteiger partial charge on any atom is -0.368 e. The zero-order chi connectivity index (χ0) is 20.3. The van der Waals surface area contributed by atoms with Gasteiger partial charge in [0.05, 0.1) is 6.54 Å². The molecule has 2 atom stereocenters. The van der Waals surface area contributed by atoms with Crippen LogP contribution in [0.3, 0.4) is 0 Å². The van der Waals surface area contributed by atoms with Crippen molar-refractivity contribution in [3.05, 3.63) is 35.7 Å². The maximum absolute atomic E-state index is 11.5. The predicted molar refractivity (Wildman–Crippen MR) is 110 cm³/mol. The van der Waals surface area contributed by atoms with Crippen molar-refractivity contribution in [2.45, 2.75) is 40.3 Å². The molecule has 150 valence electrons. The third-order valence-corrected chi connectivity index (χ3v) is 5.02. The van der Waals surface area contributed by atoms with E-state index in [1.54, 1.807) is 6.92 Å². The minimum atomic E-state index is 0.00606. The van der Waals surface area contributed by atoms with Gasteiger partial charge < -0.3 is 16.4 Å². The highest BCUT2D eigenvalue weighted by Gasteiger charge is 2.35. The van der Waals surface area contributed by atoms with Gasteiger partial charge in [-0.15, -0.1) is 0 Å². The number of aromatic nitrogens is 3. The summed E-state index contributed by atoms with van der Waals surface area (Å²) < 4.78 is 0. The van der Waals surface area contributed by atoms with Crippen molar-refractivity contribution in [3.63, 3.8) is 0 Å². The first kappa shape index (κ1) is 20.0. The van der Waals surface area contributed by atoms with E-state index in [1.807, 2.05) is 31.2 Å². The van der Waals surface area contributed by atoms with Gasteiger partial charge >= 0.3 is 0 Å². The van der Waals surface area contributed by atoms with E-state index in [4.69, 9.17) is 5.73 Å². The van der Waals surface area contributed by atoms with Gasteiger partial charge in [0.2, 0.25) is 17.8 Å². The minimum absolute atomic E-state index is 0.00606. The first-order valence-electron chi connectivity index (χ1n) is 9.63. The van der Waals surface area contributed by atoms with Crippen molar-refractivity contribution in [2.24, 2.45) is 11.8 Å². The molecule has 8 heteroatoms. The maximum atomic E-state index is 11.5. The first-order chi connectivity index (χ1) is 13.3. The molecule has 0 aliphatic carbocycles. The number of nitrogens with one attached hydrogen (secondary N) is 2. The molecule has 1 aliphatic rings. The van der Waals surface area contributed by atoms with Crippen LogP contribution in [0.1, 0.15) is 32.2 Å². The highest BCUT2D eigenvalue weighted by atomic mass is 16.1. The van der Waals surface area contributed by atoms with Gasteiger partial charge in [0, 0.05) is 31.7 Å². The van der Waals surface area contributed by atoms with Crippen LogP contribution < -0.4 is 16.4 Å². The van der Waals surface area contributed by atoms with Crippen LogP contribution in [0.15, 0.2) is 24.3 Å². The second kappa shape index (κ2) is 8.52. The summed E-state index contributed by atoms with van der Waals surface area (Å²) in [4.78, 5) is 26.8. The fraction of sp³-hybridized carbons (Fsp3) is 0.500. The van der Waals surface area contributed by atoms with E-state index >= 15 is 0 Å². The largest absolute Gasteiger partial charge is 0.368 e. The lowest BCUT2D eigenvalue weighted by Crippen LogP contribution is -2.40. The molecule has 0 unspecified atom stereocenters. The molecule has 1 aromatic heterocycles. The molecule has 1 aromatic carbocycles. The second-order valence-electron chi connectivity index (χ2n) is 7.84. The summed E-state index contributed by atoms with van der Waals surface area (Å²) >= 11 is 0. The van der Waals surface area contributed by atoms with Gasteiger partial charge in [0.15, 0.2) is 0 Å². The number of nitrogen functional groups attached to an aromatic ring is 1. The van der Waals surface area contributed by atoms with Gasteiger partial charge in [-0.1, -0.05) is 26.0 Å². The van der Waals surface area contributed by atoms with Crippen molar-refractivity contribution in [2.75, 3.05) is 24.1 Å². The lowest BCUT2D eigenvalue weighted by Gasteiger charge is -2.22. The van der Waals surface area contributed by atoms with Crippen LogP contribution >= 0.6 is 0 Å². The molecule has 8 nitrogen and oxygen atoms in total. The first-order valence-corrected chi connectivity index (χ1v) is 9.63. The number of likely N-dealkylation sites (tertiary alicyclic amines) is 1. The molecule has 0 saturated carbocycles. The van der Waals surface area contributed by atoms with Crippen molar-refractivity contribution in [1.29, 1.82) is 0 Å². The van der Waals surface area contributed by atoms with E-state index in [0.717, 1.165) is 24.3 Å². The van der Waals surface area contributed by atoms with Gasteiger partial charge in [0.1, 0.15) is 5.82 Å². The SMILES string of the molecule is CC(=O)N[C@@H]1CN(Cc2nc(N)nc(Nc3cccc(C)c3)n2)C[C@H]1C(C)C. The molecule has 2 aromatic rings. The lowest BCUT2D eigenvalue weighted by atomic mass is 9.91. The van der Waals surface area contributed by atoms with Crippen LogP contribution in [-0.2, 0) is 11.3 Å². The number of carbonyl (C=O) groups is 1. The van der Waals surface area contributed by atoms with E-state index < -0.39 is 0 Å². The zero-order valence-electron chi connectivity index (χ0n) is 16.9. The molecule has 1 aliphatic heterocycles. The van der Waals surface area contributed by atoms with Gasteiger partial charge in [-0.25, -0.2) is 0 Å². The molecule has 0 spiro atoms. The van der Waals surface area contributed by atoms with Gasteiger partial charge in [-0.2, -0.15) is 15.0 Å². The summed E-state index contributed by atoms with van der Waals surface area (Å²) in [6, 6.07) is 8.12. The zero-order valence-corrected chi connectivity index (χ0v) is 16.9. The lowest BCUT2D eigenvalue weighted by molar-refractivity contribution is -0.119. The third kappa shape index (κ3) is 5.16. The summed E-state index contributed by atoms with van der Waals surface area (Å²) in [5.41, 5.74) is 7.96. The van der Waals surface area contributed by atoms with Crippen LogP contribution in [0, 0.1) is 18.8 Å². The summed E-state index contributed by atoms with van der Waals surface area (Å²) in [5, 5.41) is 6.27. The Morgan fingerprint density at radius 3 is 2.75 bits per heavy atom. The Bertz CT molecular complexity index is 839. The van der Waals surface area contributed by atoms with Crippen molar-refractivity contribution in [1.82, 2.24) is 25.2 Å². The molecule has 0 bridgehead atoms. The number of rotatable bonds is 6. The third-order valence-electron chi connectivity index (χ3n) is 5.02. The molecule has 1 fully saturated rings. The fourth-order valence-corrected chi connectivity index (χ4v) is 3.75. The Hall–Kier alpha value is -2.74. The normalized spacial score (nSPS) is 19.8. The summed E-state index contributed by atoms with van der Waals surface area (Å²) in [5.74, 6) is 2.13. The van der Waals surface area contributed by atoms with Crippen LogP contribution in [0.5, 0.6) is 0 Å². The summed E-state index contributed by atoms with van der Waals surface area (Å²) in [7, 11) is 0. The average Bonchev–Trinajstić information content (AvgIpc) is 2.96. The molecule has 1 saturated heterocycles. The number of carbonyl (C=O) groups excluding carboxylic acids is 1. The Labute approximate surface area is 166 Å². The number of nitrogens with two attached hydrogens (primary N) is 1. The monoisotopic (exact) mass is 383 g/mol. The second-order valence-corrected chi connectivity index (χ2v) is 7.84. The molecule has 28 heavy (non-hydrogen) atoms. The Balaban J connectivity index is 1.72. The maximum Gasteiger partial charge on any atom is 0.232 e. The van der Waals surface area contributed by atoms with E-state index in [9.17, 15) is 4.79 Å². The molecular formula is C20H29N7O. The molecule has 0 radical (unpaired) electrons. The van der Waals surface area contributed by atoms with E-state index in [0.29, 0.717) is 30.2 Å². The number of nitrogens with zero attached hydrogens (tertiary/aromatic N) is 4. The van der Waals surface area contributed by atoms with Crippen LogP contribution in [0.25, 0.3) is 0 Å². The van der Waals surface area contributed by atoms with Crippen LogP contribution in [0.4, 0.5) is 17.6 Å². The number of anilines is 3. The number of benzene rings is 1. The summed E-state index contributed by atoms with van der Waals surface area (Å²) in [6.45, 7) is 10.2. The number of hydrogen-bond donors (Lipinski definition) is 3. The smallest absolute Gasteiger partial charge is 0.232 e. The molecule has 3 rings (SSSR count). The molecule has 4 N–H and O–H groups in total. The average molecular weight is 384 g/mol. The van der Waals surface area contributed by atoms with Crippen LogP contribution in [0.2, 0.25) is 0 Å². The number of aryl methyl sites for hydroxylation is 1. The van der Waals surface area contributed by atoms with E-state index in [-0.39, 0.29) is 17.9 Å². The highest BCUT2D eigenvalue weighted by molar-refractivity contribution is 5.73. The summed E-state index contributed by atoms with van der Waals surface area (Å²) in [6.07, 6.45) is 0. The van der Waals surface area contributed by atoms with Gasteiger partial charge in [-0.3, -0.25) is 9.69 Å². The van der Waals surface area contributed by atoms with Gasteiger partial charge in [0.25, 0.3) is 0 Å². The predicted octanol–water partition coefficient (Wildman–Crippen LogP) is 2.10. The van der Waals surface area contributed by atoms with Crippen molar-refractivity contribution in [3.8, 4) is 0 Å². The molecular weight excluding hydrogens is 354 g/mol. The molecule has 2 heterocycles. The standard InChI is InChI=1S/C20H29N7O/c1-12(2)16-9-27(10-17(16)22-14(4)28)11-18-24-19(21)26-20(25-18)23-15-7-5-6-13(3)8-15/h5-8,12,16-17H,9-11H2,1-4H3,(H,22,28)(H3,21,23,24,25,26)/t16-,17+/m0/s1. The number of amides is 1. The van der Waals surface area contributed by atoms with Crippen molar-refractivity contribution >= 4 is 23.5 Å². The van der Waals surface area contributed by atoms with Crippen molar-refractivity contribution < 1.29 is 4.79 Å². The Morgan fingerprint density at radius 2 is 2.07 bits per heavy atom. The molecule has 1 amide bonds. The highest BCUT2D eigenvalue weighted by Crippen LogP contribution is 2.25. The van der Waals surface area contributed by atoms with Gasteiger partial charge in [-0.05, 0) is 36.5 Å². The van der Waals surface area contributed by atoms with E-state index in [1.165, 1.54) is 0 Å². The quantitative estimate of drug-likeness (QED) is 0.701. The fourth-order valence-electron chi connectivity index (χ4n) is 3.75. The topological polar surface area (TPSA) is 109 Å².